The van der Waals surface area contributed by atoms with Gasteiger partial charge in [-0.15, -0.1) is 0 Å². The summed E-state index contributed by atoms with van der Waals surface area (Å²) >= 11 is 0. The number of ether oxygens (including phenoxy) is 2. The summed E-state index contributed by atoms with van der Waals surface area (Å²) < 4.78 is 11.7. The predicted molar refractivity (Wildman–Crippen MR) is 147 cm³/mol. The number of Topliss-reactive ketones (excluding diaryl/α,β-unsaturated/α-hetero) is 1. The molecule has 0 unspecified atom stereocenters. The van der Waals surface area contributed by atoms with E-state index < -0.39 is 17.0 Å². The molecule has 204 valence electrons. The maximum atomic E-state index is 13.8. The smallest absolute Gasteiger partial charge is 0.303 e. The molecule has 0 aliphatic heterocycles. The first-order valence-electron chi connectivity index (χ1n) is 14.2. The number of benzene rings is 1. The van der Waals surface area contributed by atoms with E-state index >= 15 is 0 Å². The summed E-state index contributed by atoms with van der Waals surface area (Å²) in [4.78, 5) is 40.7. The molecule has 0 N–H and O–H groups in total. The Morgan fingerprint density at radius 3 is 2.47 bits per heavy atom. The molecular weight excluding hydrogens is 478 g/mol. The number of nitrogens with zero attached hydrogens (tertiary/aromatic N) is 1. The third kappa shape index (κ3) is 4.25. The van der Waals surface area contributed by atoms with Crippen LogP contribution in [0.15, 0.2) is 47.1 Å². The third-order valence-electron chi connectivity index (χ3n) is 9.87. The van der Waals surface area contributed by atoms with Crippen molar-refractivity contribution < 1.29 is 23.9 Å². The highest BCUT2D eigenvalue weighted by Gasteiger charge is 2.68. The summed E-state index contributed by atoms with van der Waals surface area (Å²) in [6.45, 7) is 5.88. The first kappa shape index (κ1) is 26.9. The van der Waals surface area contributed by atoms with Crippen molar-refractivity contribution in [1.29, 1.82) is 0 Å². The van der Waals surface area contributed by atoms with Gasteiger partial charge in [0.25, 0.3) is 0 Å². The molecule has 0 radical (unpaired) electrons. The van der Waals surface area contributed by atoms with Crippen LogP contribution in [-0.2, 0) is 23.9 Å². The Balaban J connectivity index is 1.66. The molecule has 4 aliphatic rings. The fraction of sp³-hybridized carbons (Fsp3) is 0.594. The molecule has 6 heteroatoms. The molecule has 0 saturated heterocycles. The molecule has 1 aromatic rings. The number of allylic oxidation sites excluding steroid dienone is 4. The topological polar surface area (TPSA) is 72.9 Å². The van der Waals surface area contributed by atoms with Crippen LogP contribution in [0, 0.1) is 17.3 Å². The lowest BCUT2D eigenvalue weighted by atomic mass is 9.50. The highest BCUT2D eigenvalue weighted by Crippen LogP contribution is 2.67. The summed E-state index contributed by atoms with van der Waals surface area (Å²) in [5.41, 5.74) is 4.70. The second kappa shape index (κ2) is 10.1. The first-order chi connectivity index (χ1) is 18.1. The molecule has 6 nitrogen and oxygen atoms in total. The van der Waals surface area contributed by atoms with Gasteiger partial charge in [-0.2, -0.15) is 0 Å². The zero-order valence-electron chi connectivity index (χ0n) is 23.5. The molecule has 0 spiro atoms. The Labute approximate surface area is 226 Å². The van der Waals surface area contributed by atoms with Crippen LogP contribution in [0.5, 0.6) is 0 Å². The van der Waals surface area contributed by atoms with E-state index in [1.807, 2.05) is 27.1 Å². The quantitative estimate of drug-likeness (QED) is 0.439. The summed E-state index contributed by atoms with van der Waals surface area (Å²) in [5, 5.41) is 0. The number of esters is 1. The van der Waals surface area contributed by atoms with Crippen LogP contribution < -0.4 is 4.90 Å². The SMILES string of the molecule is CCOCC(=O)[C@@]1(OC(C)=O)CC[C@H]2[C@@H]3CCC4=CC(=O)CCC4=C3[C@@H](c3ccc(N(C)C)cc3)C[C@@]21C. The Kier molecular flexibility index (Phi) is 7.14. The van der Waals surface area contributed by atoms with Crippen LogP contribution in [0.2, 0.25) is 0 Å². The molecule has 5 rings (SSSR count). The van der Waals surface area contributed by atoms with Gasteiger partial charge in [-0.1, -0.05) is 24.6 Å². The summed E-state index contributed by atoms with van der Waals surface area (Å²) in [6.07, 6.45) is 7.19. The molecule has 5 atom stereocenters. The molecule has 0 bridgehead atoms. The van der Waals surface area contributed by atoms with Gasteiger partial charge in [0, 0.05) is 51.1 Å². The zero-order valence-corrected chi connectivity index (χ0v) is 23.5. The van der Waals surface area contributed by atoms with E-state index in [2.05, 4.69) is 36.1 Å². The minimum Gasteiger partial charge on any atom is -0.451 e. The van der Waals surface area contributed by atoms with Gasteiger partial charge in [-0.05, 0) is 92.2 Å². The van der Waals surface area contributed by atoms with Crippen molar-refractivity contribution in [3.8, 4) is 0 Å². The average Bonchev–Trinajstić information content (AvgIpc) is 3.18. The average molecular weight is 520 g/mol. The van der Waals surface area contributed by atoms with Crippen molar-refractivity contribution >= 4 is 23.2 Å². The minimum absolute atomic E-state index is 0.0398. The molecule has 2 fully saturated rings. The fourth-order valence-electron chi connectivity index (χ4n) is 8.19. The number of carbonyl (C=O) groups is 3. The maximum Gasteiger partial charge on any atom is 0.303 e. The van der Waals surface area contributed by atoms with Gasteiger partial charge in [0.15, 0.2) is 11.4 Å². The van der Waals surface area contributed by atoms with Crippen molar-refractivity contribution in [2.75, 3.05) is 32.2 Å². The lowest BCUT2D eigenvalue weighted by molar-refractivity contribution is -0.185. The van der Waals surface area contributed by atoms with E-state index in [-0.39, 0.29) is 30.0 Å². The number of rotatable bonds is 7. The number of hydrogen-bond donors (Lipinski definition) is 0. The highest BCUT2D eigenvalue weighted by molar-refractivity contribution is 5.93. The lowest BCUT2D eigenvalue weighted by Gasteiger charge is -2.55. The van der Waals surface area contributed by atoms with Crippen LogP contribution in [0.3, 0.4) is 0 Å². The molecular formula is C32H41NO5. The van der Waals surface area contributed by atoms with Crippen molar-refractivity contribution in [2.45, 2.75) is 77.2 Å². The number of anilines is 1. The first-order valence-corrected chi connectivity index (χ1v) is 14.2. The number of hydrogen-bond acceptors (Lipinski definition) is 6. The van der Waals surface area contributed by atoms with Gasteiger partial charge in [0.1, 0.15) is 6.61 Å². The Morgan fingerprint density at radius 1 is 1.08 bits per heavy atom. The number of fused-ring (bicyclic) bond motifs is 4. The molecule has 2 saturated carbocycles. The maximum absolute atomic E-state index is 13.8. The van der Waals surface area contributed by atoms with E-state index in [1.54, 1.807) is 0 Å². The van der Waals surface area contributed by atoms with Gasteiger partial charge in [-0.25, -0.2) is 0 Å². The van der Waals surface area contributed by atoms with E-state index in [0.29, 0.717) is 25.4 Å². The second-order valence-electron chi connectivity index (χ2n) is 12.0. The molecule has 0 heterocycles. The van der Waals surface area contributed by atoms with Gasteiger partial charge in [0.2, 0.25) is 5.78 Å². The summed E-state index contributed by atoms with van der Waals surface area (Å²) in [5.74, 6) is 0.324. The third-order valence-corrected chi connectivity index (χ3v) is 9.87. The van der Waals surface area contributed by atoms with Crippen LogP contribution in [0.1, 0.15) is 77.2 Å². The Hall–Kier alpha value is -2.73. The predicted octanol–water partition coefficient (Wildman–Crippen LogP) is 5.56. The summed E-state index contributed by atoms with van der Waals surface area (Å²) in [6, 6.07) is 8.74. The van der Waals surface area contributed by atoms with Gasteiger partial charge in [-0.3, -0.25) is 14.4 Å². The molecule has 4 aliphatic carbocycles. The van der Waals surface area contributed by atoms with E-state index in [0.717, 1.165) is 37.8 Å². The largest absolute Gasteiger partial charge is 0.451 e. The van der Waals surface area contributed by atoms with Gasteiger partial charge >= 0.3 is 5.97 Å². The summed E-state index contributed by atoms with van der Waals surface area (Å²) in [7, 11) is 4.07. The van der Waals surface area contributed by atoms with Crippen molar-refractivity contribution in [3.05, 3.63) is 52.6 Å². The van der Waals surface area contributed by atoms with Crippen LogP contribution in [0.4, 0.5) is 5.69 Å². The fourth-order valence-corrected chi connectivity index (χ4v) is 8.19. The van der Waals surface area contributed by atoms with E-state index in [9.17, 15) is 14.4 Å². The molecule has 38 heavy (non-hydrogen) atoms. The van der Waals surface area contributed by atoms with Crippen LogP contribution in [0.25, 0.3) is 0 Å². The zero-order chi connectivity index (χ0) is 27.2. The second-order valence-corrected chi connectivity index (χ2v) is 12.0. The number of carbonyl (C=O) groups excluding carboxylic acids is 3. The molecule has 0 aromatic heterocycles. The van der Waals surface area contributed by atoms with Crippen molar-refractivity contribution in [2.24, 2.45) is 17.3 Å². The Bertz CT molecular complexity index is 1190. The normalized spacial score (nSPS) is 32.2. The van der Waals surface area contributed by atoms with Gasteiger partial charge in [0.05, 0.1) is 0 Å². The van der Waals surface area contributed by atoms with Crippen molar-refractivity contribution in [3.63, 3.8) is 0 Å². The Morgan fingerprint density at radius 2 is 1.82 bits per heavy atom. The number of ketones is 2. The van der Waals surface area contributed by atoms with Gasteiger partial charge < -0.3 is 14.4 Å². The minimum atomic E-state index is -1.19. The highest BCUT2D eigenvalue weighted by atomic mass is 16.6. The van der Waals surface area contributed by atoms with Crippen molar-refractivity contribution in [1.82, 2.24) is 0 Å². The lowest BCUT2D eigenvalue weighted by Crippen LogP contribution is -2.58. The molecule has 0 amide bonds. The monoisotopic (exact) mass is 519 g/mol. The molecule has 1 aromatic carbocycles. The van der Waals surface area contributed by atoms with Crippen LogP contribution in [-0.4, -0.2) is 50.4 Å². The van der Waals surface area contributed by atoms with E-state index in [4.69, 9.17) is 9.47 Å². The standard InChI is InChI=1S/C32H41NO5/c1-6-37-19-29(36)32(38-20(2)34)16-15-28-26-13-9-22-17-24(35)12-14-25(22)30(26)27(18-31(28,32)3)21-7-10-23(11-8-21)33(4)5/h7-8,10-11,17,26-28H,6,9,12-16,18-19H2,1-5H3/t26-,27+,28-,31-,32-/m0/s1. The van der Waals surface area contributed by atoms with E-state index in [1.165, 1.54) is 29.2 Å². The van der Waals surface area contributed by atoms with Crippen LogP contribution >= 0.6 is 0 Å².